The highest BCUT2D eigenvalue weighted by atomic mass is 79.9. The lowest BCUT2D eigenvalue weighted by molar-refractivity contribution is -0.535. The SMILES string of the molecule is O=C(O)C[N+]1=C(C=C2Sc3ccc(Cl)cc3[N+]23CCC3S(=O)(=O)O)SC2SC(Br)=CC21. The molecule has 164 valence electrons. The summed E-state index contributed by atoms with van der Waals surface area (Å²) in [4.78, 5) is 12.4. The first kappa shape index (κ1) is 22.3. The van der Waals surface area contributed by atoms with E-state index in [0.29, 0.717) is 18.0 Å². The zero-order valence-electron chi connectivity index (χ0n) is 15.6. The number of quaternary nitrogens is 1. The van der Waals surface area contributed by atoms with Gasteiger partial charge in [0.25, 0.3) is 0 Å². The third-order valence-electron chi connectivity index (χ3n) is 5.76. The molecule has 31 heavy (non-hydrogen) atoms. The van der Waals surface area contributed by atoms with E-state index in [4.69, 9.17) is 11.6 Å². The van der Waals surface area contributed by atoms with Crippen LogP contribution in [0, 0.1) is 0 Å². The molecule has 2 N–H and O–H groups in total. The van der Waals surface area contributed by atoms with E-state index in [1.165, 1.54) is 11.8 Å². The summed E-state index contributed by atoms with van der Waals surface area (Å²) in [5.41, 5.74) is 0.753. The van der Waals surface area contributed by atoms with Gasteiger partial charge in [0.2, 0.25) is 17.0 Å². The fraction of sp³-hybridized carbons (Fsp3) is 0.333. The van der Waals surface area contributed by atoms with Crippen molar-refractivity contribution in [2.24, 2.45) is 0 Å². The van der Waals surface area contributed by atoms with E-state index < -0.39 is 21.5 Å². The molecule has 1 spiro atoms. The number of aliphatic carboxylic acids is 1. The Balaban J connectivity index is 1.65. The molecule has 0 amide bonds. The van der Waals surface area contributed by atoms with E-state index in [1.54, 1.807) is 35.7 Å². The van der Waals surface area contributed by atoms with Gasteiger partial charge in [0, 0.05) is 17.2 Å². The van der Waals surface area contributed by atoms with Crippen molar-refractivity contribution in [3.63, 3.8) is 0 Å². The Morgan fingerprint density at radius 2 is 2.16 bits per heavy atom. The molecule has 0 saturated carbocycles. The largest absolute Gasteiger partial charge is 0.477 e. The normalized spacial score (nSPS) is 32.9. The van der Waals surface area contributed by atoms with E-state index in [9.17, 15) is 22.9 Å². The minimum atomic E-state index is -4.30. The smallest absolute Gasteiger partial charge is 0.369 e. The number of thioether (sulfide) groups is 3. The van der Waals surface area contributed by atoms with Crippen molar-refractivity contribution in [1.82, 2.24) is 4.48 Å². The third-order valence-corrected chi connectivity index (χ3v) is 11.9. The summed E-state index contributed by atoms with van der Waals surface area (Å²) in [6.07, 6.45) is 4.23. The molecular weight excluding hydrogens is 568 g/mol. The molecule has 5 rings (SSSR count). The Hall–Kier alpha value is -0.470. The van der Waals surface area contributed by atoms with Crippen molar-refractivity contribution < 1.29 is 27.4 Å². The third kappa shape index (κ3) is 3.63. The number of halogens is 2. The molecule has 4 aliphatic heterocycles. The van der Waals surface area contributed by atoms with Gasteiger partial charge in [-0.3, -0.25) is 4.55 Å². The summed E-state index contributed by atoms with van der Waals surface area (Å²) in [5, 5.41) is 10.5. The number of carbonyl (C=O) groups is 1. The molecule has 7 nitrogen and oxygen atoms in total. The van der Waals surface area contributed by atoms with Crippen molar-refractivity contribution in [3.05, 3.63) is 44.2 Å². The van der Waals surface area contributed by atoms with Gasteiger partial charge in [-0.1, -0.05) is 23.4 Å². The summed E-state index contributed by atoms with van der Waals surface area (Å²) < 4.78 is 37.3. The summed E-state index contributed by atoms with van der Waals surface area (Å²) in [6, 6.07) is 5.30. The average Bonchev–Trinajstić information content (AvgIpc) is 3.23. The van der Waals surface area contributed by atoms with Crippen LogP contribution in [0.25, 0.3) is 0 Å². The highest BCUT2D eigenvalue weighted by molar-refractivity contribution is 9.14. The molecule has 0 aromatic heterocycles. The van der Waals surface area contributed by atoms with Crippen molar-refractivity contribution in [3.8, 4) is 0 Å². The standard InChI is InChI=1S/C18H14BrClN2O5S4/c19-13-6-10-18(29-13)30-14(21(10)8-17(23)24)7-15-22(4-3-16(22)31(25,26)27)11-5-9(20)1-2-12(11)28-15/h1-2,5-7,10,16,18H,3-4,8H2/p+2. The fourth-order valence-corrected chi connectivity index (χ4v) is 11.2. The molecule has 4 atom stereocenters. The van der Waals surface area contributed by atoms with Crippen LogP contribution in [0.5, 0.6) is 0 Å². The maximum absolute atomic E-state index is 12.2. The number of benzene rings is 1. The first-order valence-electron chi connectivity index (χ1n) is 9.20. The van der Waals surface area contributed by atoms with Crippen LogP contribution in [0.15, 0.2) is 44.1 Å². The van der Waals surface area contributed by atoms with Gasteiger partial charge in [-0.2, -0.15) is 8.42 Å². The quantitative estimate of drug-likeness (QED) is 0.310. The van der Waals surface area contributed by atoms with Crippen LogP contribution in [0.4, 0.5) is 5.69 Å². The number of hydrogen-bond acceptors (Lipinski definition) is 6. The van der Waals surface area contributed by atoms with Crippen molar-refractivity contribution in [1.29, 1.82) is 0 Å². The van der Waals surface area contributed by atoms with E-state index in [2.05, 4.69) is 15.9 Å². The summed E-state index contributed by atoms with van der Waals surface area (Å²) in [7, 11) is -4.30. The molecule has 1 aromatic carbocycles. The molecule has 4 unspecified atom stereocenters. The van der Waals surface area contributed by atoms with Gasteiger partial charge in [0.15, 0.2) is 16.8 Å². The van der Waals surface area contributed by atoms with Crippen molar-refractivity contribution in [2.45, 2.75) is 27.3 Å². The summed E-state index contributed by atoms with van der Waals surface area (Å²) in [6.45, 7) is 0.357. The lowest BCUT2D eigenvalue weighted by Gasteiger charge is -2.47. The van der Waals surface area contributed by atoms with E-state index in [0.717, 1.165) is 24.5 Å². The molecule has 4 aliphatic rings. The van der Waals surface area contributed by atoms with Gasteiger partial charge in [0.05, 0.1) is 27.8 Å². The predicted molar refractivity (Wildman–Crippen MR) is 130 cm³/mol. The van der Waals surface area contributed by atoms with Gasteiger partial charge in [-0.15, -0.1) is 0 Å². The molecule has 0 radical (unpaired) electrons. The molecule has 1 aromatic rings. The monoisotopic (exact) mass is 582 g/mol. The number of nitrogens with zero attached hydrogens (tertiary/aromatic N) is 2. The van der Waals surface area contributed by atoms with Gasteiger partial charge in [0.1, 0.15) is 4.58 Å². The minimum Gasteiger partial charge on any atom is -0.477 e. The Kier molecular flexibility index (Phi) is 5.61. The molecule has 1 saturated heterocycles. The first-order valence-corrected chi connectivity index (χ1v) is 14.4. The Bertz CT molecular complexity index is 1220. The van der Waals surface area contributed by atoms with E-state index in [1.807, 2.05) is 22.8 Å². The second kappa shape index (κ2) is 7.79. The van der Waals surface area contributed by atoms with Crippen LogP contribution in [0.3, 0.4) is 0 Å². The molecule has 0 aliphatic carbocycles. The predicted octanol–water partition coefficient (Wildman–Crippen LogP) is 4.13. The minimum absolute atomic E-state index is 0.00756. The Morgan fingerprint density at radius 1 is 1.39 bits per heavy atom. The molecule has 4 heterocycles. The number of hydrogen-bond donors (Lipinski definition) is 2. The zero-order chi connectivity index (χ0) is 22.1. The number of rotatable bonds is 4. The number of carboxylic acid groups (broad SMARTS) is 1. The van der Waals surface area contributed by atoms with E-state index in [-0.39, 0.29) is 21.7 Å². The van der Waals surface area contributed by atoms with Crippen LogP contribution < -0.4 is 4.48 Å². The van der Waals surface area contributed by atoms with Gasteiger partial charge >= 0.3 is 16.1 Å². The Morgan fingerprint density at radius 3 is 2.81 bits per heavy atom. The zero-order valence-corrected chi connectivity index (χ0v) is 21.3. The second-order valence-corrected chi connectivity index (χ2v) is 14.6. The fourth-order valence-electron chi connectivity index (χ4n) is 4.39. The molecular formula is C18H16BrClN2O5S4+2. The molecule has 1 fully saturated rings. The first-order chi connectivity index (χ1) is 14.6. The lowest BCUT2D eigenvalue weighted by Crippen LogP contribution is -2.66. The maximum Gasteiger partial charge on any atom is 0.369 e. The van der Waals surface area contributed by atoms with Crippen LogP contribution in [0.1, 0.15) is 6.42 Å². The van der Waals surface area contributed by atoms with Gasteiger partial charge in [-0.05, 0) is 51.6 Å². The van der Waals surface area contributed by atoms with Gasteiger partial charge < -0.3 is 5.11 Å². The molecule has 0 bridgehead atoms. The average molecular weight is 584 g/mol. The van der Waals surface area contributed by atoms with Crippen LogP contribution in [0.2, 0.25) is 5.02 Å². The van der Waals surface area contributed by atoms with Crippen molar-refractivity contribution in [2.75, 3.05) is 13.1 Å². The van der Waals surface area contributed by atoms with E-state index >= 15 is 0 Å². The topological polar surface area (TPSA) is 94.7 Å². The Labute approximate surface area is 205 Å². The van der Waals surface area contributed by atoms with Crippen molar-refractivity contribution >= 4 is 89.6 Å². The van der Waals surface area contributed by atoms with Crippen LogP contribution in [-0.2, 0) is 14.9 Å². The lowest BCUT2D eigenvalue weighted by atomic mass is 10.1. The van der Waals surface area contributed by atoms with Crippen LogP contribution >= 0.6 is 62.8 Å². The summed E-state index contributed by atoms with van der Waals surface area (Å²) >= 11 is 14.4. The van der Waals surface area contributed by atoms with Gasteiger partial charge in [-0.25, -0.2) is 13.9 Å². The highest BCUT2D eigenvalue weighted by Crippen LogP contribution is 2.58. The molecule has 13 heteroatoms. The number of carboxylic acids is 1. The second-order valence-electron chi connectivity index (χ2n) is 7.47. The summed E-state index contributed by atoms with van der Waals surface area (Å²) in [5.74, 6) is -0.934. The van der Waals surface area contributed by atoms with Crippen LogP contribution in [-0.4, -0.2) is 62.8 Å². The highest BCUT2D eigenvalue weighted by Gasteiger charge is 2.62. The maximum atomic E-state index is 12.2. The number of fused-ring (bicyclic) bond motifs is 3.